The Labute approximate surface area is 189 Å². The van der Waals surface area contributed by atoms with Gasteiger partial charge in [0, 0.05) is 18.2 Å². The van der Waals surface area contributed by atoms with Gasteiger partial charge in [-0.05, 0) is 48.7 Å². The predicted molar refractivity (Wildman–Crippen MR) is 119 cm³/mol. The number of fused-ring (bicyclic) bond motifs is 1. The number of hydrogen-bond acceptors (Lipinski definition) is 6. The van der Waals surface area contributed by atoms with Crippen LogP contribution in [0.2, 0.25) is 0 Å². The molecular weight excluding hydrogens is 461 g/mol. The number of carboxylic acid groups (broad SMARTS) is 1. The highest BCUT2D eigenvalue weighted by Crippen LogP contribution is 2.31. The maximum atomic E-state index is 14.0. The molecule has 12 heteroatoms. The first-order valence-electron chi connectivity index (χ1n) is 9.56. The third-order valence-electron chi connectivity index (χ3n) is 4.86. The van der Waals surface area contributed by atoms with Gasteiger partial charge < -0.3 is 10.8 Å². The molecule has 2 aromatic carbocycles. The van der Waals surface area contributed by atoms with E-state index in [0.717, 1.165) is 12.8 Å². The lowest BCUT2D eigenvalue weighted by Gasteiger charge is -2.09. The topological polar surface area (TPSA) is 140 Å². The number of allylic oxidation sites excluding steroid dienone is 1. The summed E-state index contributed by atoms with van der Waals surface area (Å²) in [5.74, 6) is -1.72. The Morgan fingerprint density at radius 1 is 1.31 bits per heavy atom. The van der Waals surface area contributed by atoms with Crippen molar-refractivity contribution < 1.29 is 22.7 Å². The average molecular weight is 482 g/mol. The zero-order valence-corrected chi connectivity index (χ0v) is 18.4. The number of aromatic nitrogens is 3. The Morgan fingerprint density at radius 2 is 2.06 bits per heavy atom. The van der Waals surface area contributed by atoms with Crippen molar-refractivity contribution in [3.05, 3.63) is 53.9 Å². The molecule has 9 nitrogen and oxygen atoms in total. The Morgan fingerprint density at radius 3 is 2.72 bits per heavy atom. The lowest BCUT2D eigenvalue weighted by atomic mass is 10.0. The number of nitrogens with zero attached hydrogens (tertiary/aromatic N) is 3. The Hall–Kier alpha value is -2.86. The molecule has 0 saturated heterocycles. The number of aromatic carboxylic acids is 1. The second kappa shape index (κ2) is 9.33. The SMILES string of the molecule is Cl.NC/C=C(\F)Cn1nnc2c(-c3cccc(S(=O)(=O)NC4CC4)c3)cc(C(=O)O)cc21. The lowest BCUT2D eigenvalue weighted by molar-refractivity contribution is 0.0697. The summed E-state index contributed by atoms with van der Waals surface area (Å²) in [6.07, 6.45) is 2.80. The van der Waals surface area contributed by atoms with Gasteiger partial charge in [0.15, 0.2) is 0 Å². The van der Waals surface area contributed by atoms with Gasteiger partial charge >= 0.3 is 5.97 Å². The fraction of sp³-hybridized carbons (Fsp3) is 0.250. The van der Waals surface area contributed by atoms with Crippen molar-refractivity contribution in [1.29, 1.82) is 0 Å². The number of nitrogens with one attached hydrogen (secondary N) is 1. The molecule has 170 valence electrons. The second-order valence-corrected chi connectivity index (χ2v) is 8.97. The van der Waals surface area contributed by atoms with E-state index in [-0.39, 0.29) is 42.0 Å². The molecule has 0 atom stereocenters. The zero-order chi connectivity index (χ0) is 22.2. The molecule has 1 fully saturated rings. The van der Waals surface area contributed by atoms with Crippen LogP contribution in [0.3, 0.4) is 0 Å². The highest BCUT2D eigenvalue weighted by molar-refractivity contribution is 7.89. The Bertz CT molecular complexity index is 1300. The van der Waals surface area contributed by atoms with Crippen LogP contribution < -0.4 is 10.5 Å². The van der Waals surface area contributed by atoms with Crippen molar-refractivity contribution in [1.82, 2.24) is 19.7 Å². The molecule has 0 bridgehead atoms. The van der Waals surface area contributed by atoms with Gasteiger partial charge in [-0.2, -0.15) is 0 Å². The smallest absolute Gasteiger partial charge is 0.335 e. The molecule has 1 aliphatic carbocycles. The molecule has 0 spiro atoms. The van der Waals surface area contributed by atoms with E-state index in [0.29, 0.717) is 22.2 Å². The summed E-state index contributed by atoms with van der Waals surface area (Å²) in [5, 5.41) is 17.6. The molecule has 4 rings (SSSR count). The average Bonchev–Trinajstić information content (AvgIpc) is 3.45. The van der Waals surface area contributed by atoms with E-state index in [1.54, 1.807) is 12.1 Å². The molecular formula is C20H21ClFN5O4S. The summed E-state index contributed by atoms with van der Waals surface area (Å²) in [6.45, 7) is -0.240. The molecule has 0 amide bonds. The summed E-state index contributed by atoms with van der Waals surface area (Å²) in [6, 6.07) is 8.86. The molecule has 4 N–H and O–H groups in total. The Balaban J connectivity index is 0.00000289. The molecule has 1 heterocycles. The number of benzene rings is 2. The summed E-state index contributed by atoms with van der Waals surface area (Å²) in [5.41, 5.74) is 6.74. The third-order valence-corrected chi connectivity index (χ3v) is 6.38. The molecule has 0 aliphatic heterocycles. The van der Waals surface area contributed by atoms with Crippen LogP contribution in [0.15, 0.2) is 53.2 Å². The molecule has 3 aromatic rings. The highest BCUT2D eigenvalue weighted by Gasteiger charge is 2.28. The van der Waals surface area contributed by atoms with E-state index in [9.17, 15) is 22.7 Å². The number of halogens is 2. The van der Waals surface area contributed by atoms with Crippen LogP contribution in [0, 0.1) is 0 Å². The van der Waals surface area contributed by atoms with Crippen LogP contribution in [0.25, 0.3) is 22.2 Å². The van der Waals surface area contributed by atoms with Crippen molar-refractivity contribution in [3.63, 3.8) is 0 Å². The number of carbonyl (C=O) groups is 1. The van der Waals surface area contributed by atoms with E-state index in [2.05, 4.69) is 15.0 Å². The van der Waals surface area contributed by atoms with Crippen LogP contribution in [0.1, 0.15) is 23.2 Å². The van der Waals surface area contributed by atoms with Gasteiger partial charge in [0.25, 0.3) is 0 Å². The van der Waals surface area contributed by atoms with E-state index < -0.39 is 21.8 Å². The maximum Gasteiger partial charge on any atom is 0.335 e. The monoisotopic (exact) mass is 481 g/mol. The van der Waals surface area contributed by atoms with Gasteiger partial charge in [-0.25, -0.2) is 27.0 Å². The highest BCUT2D eigenvalue weighted by atomic mass is 35.5. The molecule has 0 radical (unpaired) electrons. The summed E-state index contributed by atoms with van der Waals surface area (Å²) >= 11 is 0. The van der Waals surface area contributed by atoms with Crippen molar-refractivity contribution in [3.8, 4) is 11.1 Å². The van der Waals surface area contributed by atoms with E-state index >= 15 is 0 Å². The fourth-order valence-electron chi connectivity index (χ4n) is 3.18. The van der Waals surface area contributed by atoms with Gasteiger partial charge in [-0.1, -0.05) is 17.3 Å². The summed E-state index contributed by atoms with van der Waals surface area (Å²) in [7, 11) is -3.70. The van der Waals surface area contributed by atoms with Gasteiger partial charge in [-0.3, -0.25) is 0 Å². The van der Waals surface area contributed by atoms with Crippen molar-refractivity contribution >= 4 is 39.4 Å². The Kier molecular flexibility index (Phi) is 6.94. The minimum absolute atomic E-state index is 0. The van der Waals surface area contributed by atoms with Gasteiger partial charge in [0.05, 0.1) is 22.5 Å². The normalized spacial score (nSPS) is 14.4. The molecule has 1 aromatic heterocycles. The largest absolute Gasteiger partial charge is 0.478 e. The maximum absolute atomic E-state index is 14.0. The molecule has 1 aliphatic rings. The minimum atomic E-state index is -3.70. The van der Waals surface area contributed by atoms with Crippen molar-refractivity contribution in [2.75, 3.05) is 6.54 Å². The van der Waals surface area contributed by atoms with Gasteiger partial charge in [0.2, 0.25) is 10.0 Å². The lowest BCUT2D eigenvalue weighted by Crippen LogP contribution is -2.25. The van der Waals surface area contributed by atoms with E-state index in [4.69, 9.17) is 5.73 Å². The van der Waals surface area contributed by atoms with Crippen LogP contribution in [-0.4, -0.2) is 47.1 Å². The number of nitrogens with two attached hydrogens (primary N) is 1. The quantitative estimate of drug-likeness (QED) is 0.449. The summed E-state index contributed by atoms with van der Waals surface area (Å²) < 4.78 is 43.0. The molecule has 1 saturated carbocycles. The standard InChI is InChI=1S/C20H20FN5O4S.ClH/c21-14(6-7-22)11-26-18-10-13(20(27)28)9-17(19(18)23-25-26)12-2-1-3-16(8-12)31(29,30)24-15-4-5-15;/h1-3,6,8-10,15,24H,4-5,7,11,22H2,(H,27,28);1H/b14-6-;. The minimum Gasteiger partial charge on any atom is -0.478 e. The van der Waals surface area contributed by atoms with Gasteiger partial charge in [-0.15, -0.1) is 17.5 Å². The number of sulfonamides is 1. The number of rotatable bonds is 8. The second-order valence-electron chi connectivity index (χ2n) is 7.25. The predicted octanol–water partition coefficient (Wildman–Crippen LogP) is 2.47. The van der Waals surface area contributed by atoms with Crippen LogP contribution in [0.5, 0.6) is 0 Å². The number of hydrogen-bond donors (Lipinski definition) is 3. The molecule has 0 unspecified atom stereocenters. The summed E-state index contributed by atoms with van der Waals surface area (Å²) in [4.78, 5) is 11.7. The van der Waals surface area contributed by atoms with Crippen molar-refractivity contribution in [2.24, 2.45) is 5.73 Å². The number of carboxylic acids is 1. The van der Waals surface area contributed by atoms with Crippen LogP contribution in [-0.2, 0) is 16.6 Å². The van der Waals surface area contributed by atoms with Crippen molar-refractivity contribution in [2.45, 2.75) is 30.3 Å². The van der Waals surface area contributed by atoms with Gasteiger partial charge in [0.1, 0.15) is 11.3 Å². The van der Waals surface area contributed by atoms with E-state index in [1.807, 2.05) is 0 Å². The third kappa shape index (κ3) is 4.96. The van der Waals surface area contributed by atoms with Crippen LogP contribution >= 0.6 is 12.4 Å². The first-order valence-corrected chi connectivity index (χ1v) is 11.0. The van der Waals surface area contributed by atoms with Crippen LogP contribution in [0.4, 0.5) is 4.39 Å². The molecule has 32 heavy (non-hydrogen) atoms. The fourth-order valence-corrected chi connectivity index (χ4v) is 4.53. The van der Waals surface area contributed by atoms with E-state index in [1.165, 1.54) is 35.0 Å². The first kappa shape index (κ1) is 23.8. The first-order chi connectivity index (χ1) is 14.8. The zero-order valence-electron chi connectivity index (χ0n) is 16.7.